The van der Waals surface area contributed by atoms with Crippen LogP contribution in [0, 0.1) is 11.3 Å². The van der Waals surface area contributed by atoms with Gasteiger partial charge in [-0.2, -0.15) is 10.4 Å². The van der Waals surface area contributed by atoms with Gasteiger partial charge in [0.05, 0.1) is 21.7 Å². The zero-order valence-electron chi connectivity index (χ0n) is 18.0. The Morgan fingerprint density at radius 1 is 1.00 bits per heavy atom. The molecule has 1 aliphatic rings. The van der Waals surface area contributed by atoms with Gasteiger partial charge in [0.25, 0.3) is 5.91 Å². The SMILES string of the molecule is N#Cc1cccnc1N1CCCN(C(=O)c2cn(-c3ccccc3)nc2-c2cccs2)CC1. The van der Waals surface area contributed by atoms with E-state index in [9.17, 15) is 10.1 Å². The highest BCUT2D eigenvalue weighted by Crippen LogP contribution is 2.29. The van der Waals surface area contributed by atoms with Crippen LogP contribution in [0.15, 0.2) is 72.4 Å². The third kappa shape index (κ3) is 4.23. The molecule has 0 bridgehead atoms. The van der Waals surface area contributed by atoms with Crippen LogP contribution in [0.3, 0.4) is 0 Å². The molecule has 0 saturated carbocycles. The lowest BCUT2D eigenvalue weighted by Crippen LogP contribution is -2.35. The van der Waals surface area contributed by atoms with Gasteiger partial charge in [-0.1, -0.05) is 24.3 Å². The molecule has 4 aromatic rings. The van der Waals surface area contributed by atoms with Gasteiger partial charge in [0.2, 0.25) is 0 Å². The Morgan fingerprint density at radius 3 is 2.67 bits per heavy atom. The van der Waals surface area contributed by atoms with Gasteiger partial charge in [-0.15, -0.1) is 11.3 Å². The number of pyridine rings is 1. The summed E-state index contributed by atoms with van der Waals surface area (Å²) in [7, 11) is 0. The quantitative estimate of drug-likeness (QED) is 0.461. The summed E-state index contributed by atoms with van der Waals surface area (Å²) in [5.41, 5.74) is 2.78. The normalized spacial score (nSPS) is 14.0. The molecule has 7 nitrogen and oxygen atoms in total. The molecule has 1 amide bonds. The molecule has 0 atom stereocenters. The second kappa shape index (κ2) is 9.27. The molecule has 1 aromatic carbocycles. The van der Waals surface area contributed by atoms with Crippen LogP contribution in [0.25, 0.3) is 16.3 Å². The summed E-state index contributed by atoms with van der Waals surface area (Å²) in [4.78, 5) is 23.0. The number of hydrogen-bond donors (Lipinski definition) is 0. The van der Waals surface area contributed by atoms with E-state index in [1.54, 1.807) is 34.3 Å². The average molecular weight is 455 g/mol. The van der Waals surface area contributed by atoms with Gasteiger partial charge >= 0.3 is 0 Å². The van der Waals surface area contributed by atoms with Crippen LogP contribution in [0.4, 0.5) is 5.82 Å². The molecule has 0 unspecified atom stereocenters. The molecule has 5 rings (SSSR count). The van der Waals surface area contributed by atoms with Gasteiger partial charge in [-0.05, 0) is 42.1 Å². The number of hydrogen-bond acceptors (Lipinski definition) is 6. The van der Waals surface area contributed by atoms with Crippen molar-refractivity contribution >= 4 is 23.1 Å². The molecule has 0 spiro atoms. The lowest BCUT2D eigenvalue weighted by Gasteiger charge is -2.23. The molecule has 3 aromatic heterocycles. The van der Waals surface area contributed by atoms with E-state index in [0.717, 1.165) is 23.5 Å². The van der Waals surface area contributed by atoms with Crippen LogP contribution < -0.4 is 4.90 Å². The number of amides is 1. The Balaban J connectivity index is 1.42. The maximum Gasteiger partial charge on any atom is 0.257 e. The van der Waals surface area contributed by atoms with Crippen molar-refractivity contribution in [3.63, 3.8) is 0 Å². The van der Waals surface area contributed by atoms with Crippen LogP contribution >= 0.6 is 11.3 Å². The standard InChI is InChI=1S/C25H22N6OS/c26-17-19-7-4-11-27-24(19)29-12-6-13-30(15-14-29)25(32)21-18-31(20-8-2-1-3-9-20)28-23(21)22-10-5-16-33-22/h1-5,7-11,16,18H,6,12-15H2. The zero-order chi connectivity index (χ0) is 22.6. The number of aromatic nitrogens is 3. The average Bonchev–Trinajstić information content (AvgIpc) is 3.49. The van der Waals surface area contributed by atoms with E-state index in [-0.39, 0.29) is 5.91 Å². The van der Waals surface area contributed by atoms with E-state index < -0.39 is 0 Å². The van der Waals surface area contributed by atoms with Gasteiger partial charge in [0.1, 0.15) is 17.6 Å². The first-order valence-corrected chi connectivity index (χ1v) is 11.7. The fourth-order valence-corrected chi connectivity index (χ4v) is 4.80. The Labute approximate surface area is 196 Å². The second-order valence-corrected chi connectivity index (χ2v) is 8.72. The van der Waals surface area contributed by atoms with Crippen LogP contribution in [0.5, 0.6) is 0 Å². The van der Waals surface area contributed by atoms with Crippen molar-refractivity contribution in [3.8, 4) is 22.3 Å². The first-order chi connectivity index (χ1) is 16.2. The lowest BCUT2D eigenvalue weighted by molar-refractivity contribution is 0.0768. The number of anilines is 1. The Kier molecular flexibility index (Phi) is 5.87. The van der Waals surface area contributed by atoms with Crippen LogP contribution in [0.2, 0.25) is 0 Å². The van der Waals surface area contributed by atoms with Gasteiger partial charge in [-0.3, -0.25) is 4.79 Å². The molecule has 4 heterocycles. The topological polar surface area (TPSA) is 78.0 Å². The van der Waals surface area contributed by atoms with E-state index in [2.05, 4.69) is 16.0 Å². The smallest absolute Gasteiger partial charge is 0.257 e. The first-order valence-electron chi connectivity index (χ1n) is 10.8. The zero-order valence-corrected chi connectivity index (χ0v) is 18.8. The van der Waals surface area contributed by atoms with Crippen molar-refractivity contribution in [1.29, 1.82) is 5.26 Å². The molecule has 1 aliphatic heterocycles. The summed E-state index contributed by atoms with van der Waals surface area (Å²) in [6.45, 7) is 2.57. The van der Waals surface area contributed by atoms with Crippen LogP contribution in [-0.2, 0) is 0 Å². The largest absolute Gasteiger partial charge is 0.354 e. The number of rotatable bonds is 4. The minimum atomic E-state index is -0.0241. The summed E-state index contributed by atoms with van der Waals surface area (Å²) < 4.78 is 1.78. The third-order valence-corrected chi connectivity index (χ3v) is 6.59. The molecular weight excluding hydrogens is 432 g/mol. The highest BCUT2D eigenvalue weighted by Gasteiger charge is 2.26. The van der Waals surface area contributed by atoms with Crippen molar-refractivity contribution in [2.75, 3.05) is 31.1 Å². The molecule has 164 valence electrons. The number of para-hydroxylation sites is 1. The van der Waals surface area contributed by atoms with E-state index in [1.165, 1.54) is 0 Å². The summed E-state index contributed by atoms with van der Waals surface area (Å²) in [5, 5.41) is 16.2. The van der Waals surface area contributed by atoms with Gasteiger partial charge in [-0.25, -0.2) is 9.67 Å². The van der Waals surface area contributed by atoms with E-state index >= 15 is 0 Å². The number of nitrogens with zero attached hydrogens (tertiary/aromatic N) is 6. The van der Waals surface area contributed by atoms with Crippen molar-refractivity contribution in [2.45, 2.75) is 6.42 Å². The summed E-state index contributed by atoms with van der Waals surface area (Å²) in [6, 6.07) is 19.6. The van der Waals surface area contributed by atoms with Gasteiger partial charge < -0.3 is 9.80 Å². The van der Waals surface area contributed by atoms with Gasteiger partial charge in [0, 0.05) is 38.6 Å². The van der Waals surface area contributed by atoms with Crippen molar-refractivity contribution in [2.24, 2.45) is 0 Å². The highest BCUT2D eigenvalue weighted by molar-refractivity contribution is 7.13. The van der Waals surface area contributed by atoms with Crippen LogP contribution in [0.1, 0.15) is 22.3 Å². The highest BCUT2D eigenvalue weighted by atomic mass is 32.1. The maximum absolute atomic E-state index is 13.7. The van der Waals surface area contributed by atoms with E-state index in [1.807, 2.05) is 58.9 Å². The van der Waals surface area contributed by atoms with E-state index in [0.29, 0.717) is 42.3 Å². The number of carbonyl (C=O) groups is 1. The number of nitriles is 1. The van der Waals surface area contributed by atoms with Crippen molar-refractivity contribution < 1.29 is 4.79 Å². The Morgan fingerprint density at radius 2 is 1.88 bits per heavy atom. The van der Waals surface area contributed by atoms with Gasteiger partial charge in [0.15, 0.2) is 0 Å². The molecule has 1 fully saturated rings. The molecule has 8 heteroatoms. The number of benzene rings is 1. The van der Waals surface area contributed by atoms with Crippen LogP contribution in [-0.4, -0.2) is 51.8 Å². The summed E-state index contributed by atoms with van der Waals surface area (Å²) in [5.74, 6) is 0.662. The molecular formula is C25H22N6OS. The lowest BCUT2D eigenvalue weighted by atomic mass is 10.2. The Hall–Kier alpha value is -3.96. The molecule has 0 aliphatic carbocycles. The Bertz CT molecular complexity index is 1290. The van der Waals surface area contributed by atoms with Crippen molar-refractivity contribution in [1.82, 2.24) is 19.7 Å². The maximum atomic E-state index is 13.7. The fraction of sp³-hybridized carbons (Fsp3) is 0.200. The van der Waals surface area contributed by atoms with Crippen molar-refractivity contribution in [3.05, 3.63) is 83.5 Å². The van der Waals surface area contributed by atoms with E-state index in [4.69, 9.17) is 5.10 Å². The summed E-state index contributed by atoms with van der Waals surface area (Å²) >= 11 is 1.57. The molecule has 0 N–H and O–H groups in total. The predicted molar refractivity (Wildman–Crippen MR) is 129 cm³/mol. The predicted octanol–water partition coefficient (Wildman–Crippen LogP) is 4.22. The molecule has 0 radical (unpaired) electrons. The molecule has 1 saturated heterocycles. The molecule has 33 heavy (non-hydrogen) atoms. The number of thiophene rings is 1. The summed E-state index contributed by atoms with van der Waals surface area (Å²) in [6.07, 6.45) is 4.34. The first kappa shape index (κ1) is 20.9. The monoisotopic (exact) mass is 454 g/mol. The third-order valence-electron chi connectivity index (χ3n) is 5.71. The fourth-order valence-electron chi connectivity index (χ4n) is 4.08. The minimum Gasteiger partial charge on any atom is -0.354 e. The number of carbonyl (C=O) groups excluding carboxylic acids is 1. The minimum absolute atomic E-state index is 0.0241. The second-order valence-electron chi connectivity index (χ2n) is 7.77.